The van der Waals surface area contributed by atoms with Gasteiger partial charge in [-0.05, 0) is 71.1 Å². The van der Waals surface area contributed by atoms with Crippen molar-refractivity contribution in [2.75, 3.05) is 52.8 Å². The molecule has 0 bridgehead atoms. The summed E-state index contributed by atoms with van der Waals surface area (Å²) >= 11 is 1.04. The Morgan fingerprint density at radius 1 is 1.16 bits per heavy atom. The van der Waals surface area contributed by atoms with Crippen LogP contribution in [0.3, 0.4) is 0 Å². The van der Waals surface area contributed by atoms with Gasteiger partial charge in [-0.15, -0.1) is 0 Å². The number of carbonyl (C=O) groups is 1. The quantitative estimate of drug-likeness (QED) is 0.187. The van der Waals surface area contributed by atoms with E-state index in [1.54, 1.807) is 6.08 Å². The third kappa shape index (κ3) is 9.34. The molecule has 2 aromatic heterocycles. The standard InChI is InChI=1S/C30H38F2N8O2S/c1-19(40(5)12-6-11-39(3)4)7-8-25(20(2)34-23-9-13-42-14-10-23)30(41)36-29-27-28(37-38-29)33-18-26(35-27)43-24-16-21(31)15-22(32)17-24/h7-8,15-18,23,34H,2,6,9-14H2,1,3-5H3,(H2,33,36,37,38,41)/b19-7+,25-8+. The second-order valence-corrected chi connectivity index (χ2v) is 11.7. The van der Waals surface area contributed by atoms with E-state index in [1.165, 1.54) is 18.3 Å². The summed E-state index contributed by atoms with van der Waals surface area (Å²) in [6, 6.07) is 3.36. The van der Waals surface area contributed by atoms with Crippen molar-refractivity contribution >= 4 is 34.7 Å². The van der Waals surface area contributed by atoms with Crippen LogP contribution in [-0.4, -0.2) is 89.4 Å². The first-order chi connectivity index (χ1) is 20.6. The molecule has 3 aromatic rings. The van der Waals surface area contributed by atoms with Gasteiger partial charge in [-0.2, -0.15) is 5.10 Å². The predicted octanol–water partition coefficient (Wildman–Crippen LogP) is 4.72. The molecule has 1 aliphatic heterocycles. The van der Waals surface area contributed by atoms with Crippen molar-refractivity contribution in [2.45, 2.75) is 42.1 Å². The van der Waals surface area contributed by atoms with Crippen LogP contribution >= 0.6 is 11.8 Å². The van der Waals surface area contributed by atoms with Crippen LogP contribution in [0.4, 0.5) is 14.6 Å². The predicted molar refractivity (Wildman–Crippen MR) is 165 cm³/mol. The van der Waals surface area contributed by atoms with E-state index >= 15 is 0 Å². The van der Waals surface area contributed by atoms with Crippen molar-refractivity contribution in [1.82, 2.24) is 35.3 Å². The SMILES string of the molecule is C=C(NC1CCOCC1)/C(=C\C=C(/C)N(C)CCCN(C)C)C(=O)Nc1n[nH]c2ncc(Sc3cc(F)cc(F)c3)nc12. The van der Waals surface area contributed by atoms with Crippen LogP contribution in [0.15, 0.2) is 70.0 Å². The summed E-state index contributed by atoms with van der Waals surface area (Å²) in [6.45, 7) is 9.32. The van der Waals surface area contributed by atoms with E-state index in [0.717, 1.165) is 55.9 Å². The number of nitrogens with one attached hydrogen (secondary N) is 3. The van der Waals surface area contributed by atoms with Crippen LogP contribution in [0.1, 0.15) is 26.2 Å². The number of nitrogens with zero attached hydrogens (tertiary/aromatic N) is 5. The fourth-order valence-corrected chi connectivity index (χ4v) is 5.24. The lowest BCUT2D eigenvalue weighted by atomic mass is 10.1. The van der Waals surface area contributed by atoms with Crippen molar-refractivity contribution in [2.24, 2.45) is 0 Å². The van der Waals surface area contributed by atoms with Gasteiger partial charge in [0.15, 0.2) is 17.0 Å². The first-order valence-corrected chi connectivity index (χ1v) is 14.8. The van der Waals surface area contributed by atoms with E-state index in [0.29, 0.717) is 45.6 Å². The Morgan fingerprint density at radius 3 is 2.58 bits per heavy atom. The maximum atomic E-state index is 13.7. The molecule has 13 heteroatoms. The molecule has 0 aliphatic carbocycles. The molecule has 230 valence electrons. The normalized spacial score (nSPS) is 14.8. The van der Waals surface area contributed by atoms with E-state index < -0.39 is 17.5 Å². The fraction of sp³-hybridized carbons (Fsp3) is 0.400. The number of rotatable bonds is 13. The summed E-state index contributed by atoms with van der Waals surface area (Å²) in [5, 5.41) is 13.6. The molecule has 43 heavy (non-hydrogen) atoms. The van der Waals surface area contributed by atoms with Crippen LogP contribution in [0.25, 0.3) is 11.2 Å². The summed E-state index contributed by atoms with van der Waals surface area (Å²) in [7, 11) is 6.12. The van der Waals surface area contributed by atoms with Gasteiger partial charge < -0.3 is 25.2 Å². The lowest BCUT2D eigenvalue weighted by Crippen LogP contribution is -2.35. The highest BCUT2D eigenvalue weighted by atomic mass is 32.2. The van der Waals surface area contributed by atoms with E-state index in [2.05, 4.69) is 47.2 Å². The number of fused-ring (bicyclic) bond motifs is 1. The Hall–Kier alpha value is -3.81. The number of aromatic amines is 1. The Balaban J connectivity index is 1.55. The van der Waals surface area contributed by atoms with Gasteiger partial charge in [0, 0.05) is 55.2 Å². The minimum absolute atomic E-state index is 0.139. The van der Waals surface area contributed by atoms with Gasteiger partial charge in [-0.3, -0.25) is 9.89 Å². The minimum atomic E-state index is -0.689. The fourth-order valence-electron chi connectivity index (χ4n) is 4.41. The number of halogens is 2. The number of carbonyl (C=O) groups excluding carboxylic acids is 1. The van der Waals surface area contributed by atoms with E-state index in [4.69, 9.17) is 4.74 Å². The smallest absolute Gasteiger partial charge is 0.258 e. The number of amides is 1. The molecule has 10 nitrogen and oxygen atoms in total. The minimum Gasteiger partial charge on any atom is -0.382 e. The molecular weight excluding hydrogens is 574 g/mol. The maximum Gasteiger partial charge on any atom is 0.258 e. The molecule has 1 fully saturated rings. The number of hydrogen-bond donors (Lipinski definition) is 3. The first-order valence-electron chi connectivity index (χ1n) is 14.0. The number of allylic oxidation sites excluding steroid dienone is 3. The third-order valence-corrected chi connectivity index (χ3v) is 7.78. The molecule has 1 aromatic carbocycles. The Kier molecular flexibility index (Phi) is 11.3. The number of benzene rings is 1. The highest BCUT2D eigenvalue weighted by Crippen LogP contribution is 2.29. The van der Waals surface area contributed by atoms with Crippen LogP contribution in [0.5, 0.6) is 0 Å². The van der Waals surface area contributed by atoms with E-state index in [-0.39, 0.29) is 11.9 Å². The van der Waals surface area contributed by atoms with Crippen molar-refractivity contribution in [3.05, 3.63) is 71.7 Å². The zero-order valence-corrected chi connectivity index (χ0v) is 25.7. The second kappa shape index (κ2) is 15.1. The van der Waals surface area contributed by atoms with Gasteiger partial charge in [0.2, 0.25) is 0 Å². The van der Waals surface area contributed by atoms with Crippen LogP contribution < -0.4 is 10.6 Å². The van der Waals surface area contributed by atoms with Crippen LogP contribution in [0, 0.1) is 11.6 Å². The average molecular weight is 613 g/mol. The maximum absolute atomic E-state index is 13.7. The summed E-state index contributed by atoms with van der Waals surface area (Å²) in [6.07, 6.45) is 7.75. The van der Waals surface area contributed by atoms with Crippen molar-refractivity contribution in [3.8, 4) is 0 Å². The number of H-pyrrole nitrogens is 1. The Bertz CT molecular complexity index is 1480. The molecule has 0 saturated carbocycles. The van der Waals surface area contributed by atoms with Gasteiger partial charge >= 0.3 is 0 Å². The molecule has 0 radical (unpaired) electrons. The van der Waals surface area contributed by atoms with Gasteiger partial charge in [-0.1, -0.05) is 18.3 Å². The zero-order chi connectivity index (χ0) is 30.9. The molecule has 1 saturated heterocycles. The van der Waals surface area contributed by atoms with Crippen molar-refractivity contribution in [1.29, 1.82) is 0 Å². The lowest BCUT2D eigenvalue weighted by Gasteiger charge is -2.26. The average Bonchev–Trinajstić information content (AvgIpc) is 3.34. The Labute approximate surface area is 254 Å². The van der Waals surface area contributed by atoms with Crippen molar-refractivity contribution < 1.29 is 18.3 Å². The molecule has 3 heterocycles. The van der Waals surface area contributed by atoms with Crippen molar-refractivity contribution in [3.63, 3.8) is 0 Å². The largest absolute Gasteiger partial charge is 0.382 e. The van der Waals surface area contributed by atoms with Gasteiger partial charge in [-0.25, -0.2) is 18.7 Å². The number of aromatic nitrogens is 4. The summed E-state index contributed by atoms with van der Waals surface area (Å²) in [4.78, 5) is 27.1. The monoisotopic (exact) mass is 612 g/mol. The van der Waals surface area contributed by atoms with Gasteiger partial charge in [0.05, 0.1) is 11.8 Å². The van der Waals surface area contributed by atoms with Crippen LogP contribution in [-0.2, 0) is 9.53 Å². The van der Waals surface area contributed by atoms with E-state index in [9.17, 15) is 13.6 Å². The topological polar surface area (TPSA) is 111 Å². The number of hydrogen-bond acceptors (Lipinski definition) is 9. The summed E-state index contributed by atoms with van der Waals surface area (Å²) in [5.41, 5.74) is 2.49. The zero-order valence-electron chi connectivity index (χ0n) is 24.9. The summed E-state index contributed by atoms with van der Waals surface area (Å²) < 4.78 is 32.8. The van der Waals surface area contributed by atoms with E-state index in [1.807, 2.05) is 34.1 Å². The molecule has 0 atom stereocenters. The molecule has 0 unspecified atom stereocenters. The Morgan fingerprint density at radius 2 is 1.88 bits per heavy atom. The number of anilines is 1. The third-order valence-electron chi connectivity index (χ3n) is 6.90. The van der Waals surface area contributed by atoms with Crippen LogP contribution in [0.2, 0.25) is 0 Å². The summed E-state index contributed by atoms with van der Waals surface area (Å²) in [5.74, 6) is -1.63. The molecule has 0 spiro atoms. The lowest BCUT2D eigenvalue weighted by molar-refractivity contribution is -0.112. The van der Waals surface area contributed by atoms with Gasteiger partial charge in [0.25, 0.3) is 5.91 Å². The second-order valence-electron chi connectivity index (χ2n) is 10.6. The highest BCUT2D eigenvalue weighted by Gasteiger charge is 2.21. The molecule has 3 N–H and O–H groups in total. The molecule has 1 amide bonds. The molecule has 4 rings (SSSR count). The first kappa shape index (κ1) is 32.1. The molecule has 1 aliphatic rings. The van der Waals surface area contributed by atoms with Gasteiger partial charge in [0.1, 0.15) is 16.7 Å². The molecular formula is C30H38F2N8O2S. The number of ether oxygens (including phenoxy) is 1. The highest BCUT2D eigenvalue weighted by molar-refractivity contribution is 7.99.